The highest BCUT2D eigenvalue weighted by molar-refractivity contribution is 6.07. The van der Waals surface area contributed by atoms with Gasteiger partial charge >= 0.3 is 6.18 Å². The van der Waals surface area contributed by atoms with Gasteiger partial charge in [0, 0.05) is 25.0 Å². The number of hydrogen-bond donors (Lipinski definition) is 2. The van der Waals surface area contributed by atoms with Crippen molar-refractivity contribution in [2.75, 3.05) is 31.3 Å². The van der Waals surface area contributed by atoms with E-state index in [1.54, 1.807) is 25.1 Å². The number of carbonyl (C=O) groups is 1. The molecule has 1 amide bonds. The standard InChI is InChI=1S/C23H24F4N4O/c1-15(7-8-16(2)24)13-29-21-19(6-5-11-28-21)22(32)30-18-9-10-20(23(25,26)27)17(12-18)14-31(3)4/h5-12H,1-2,13-14H2,3-4H3,(H,28,29)(H,30,32)/b8-7-. The van der Waals surface area contributed by atoms with Crippen LogP contribution in [0.3, 0.4) is 0 Å². The number of nitrogens with zero attached hydrogens (tertiary/aromatic N) is 2. The number of hydrogen-bond acceptors (Lipinski definition) is 4. The Kier molecular flexibility index (Phi) is 8.31. The van der Waals surface area contributed by atoms with E-state index in [1.807, 2.05) is 0 Å². The van der Waals surface area contributed by atoms with Crippen LogP contribution in [0.5, 0.6) is 0 Å². The second-order valence-electron chi connectivity index (χ2n) is 7.25. The second-order valence-corrected chi connectivity index (χ2v) is 7.25. The maximum Gasteiger partial charge on any atom is 0.416 e. The van der Waals surface area contributed by atoms with E-state index in [-0.39, 0.29) is 35.7 Å². The molecule has 0 saturated carbocycles. The van der Waals surface area contributed by atoms with Crippen molar-refractivity contribution in [1.82, 2.24) is 9.88 Å². The summed E-state index contributed by atoms with van der Waals surface area (Å²) < 4.78 is 52.6. The monoisotopic (exact) mass is 448 g/mol. The molecular formula is C23H24F4N4O. The molecule has 0 aliphatic carbocycles. The number of alkyl halides is 3. The first-order chi connectivity index (χ1) is 15.0. The van der Waals surface area contributed by atoms with Gasteiger partial charge in [-0.2, -0.15) is 13.2 Å². The number of pyridine rings is 1. The fourth-order valence-electron chi connectivity index (χ4n) is 2.81. The van der Waals surface area contributed by atoms with Gasteiger partial charge in [0.15, 0.2) is 0 Å². The van der Waals surface area contributed by atoms with Crippen molar-refractivity contribution in [3.05, 3.63) is 89.9 Å². The minimum Gasteiger partial charge on any atom is -0.365 e. The first-order valence-corrected chi connectivity index (χ1v) is 9.52. The number of halogens is 4. The molecule has 2 N–H and O–H groups in total. The van der Waals surface area contributed by atoms with Crippen molar-refractivity contribution < 1.29 is 22.4 Å². The lowest BCUT2D eigenvalue weighted by molar-refractivity contribution is -0.138. The Balaban J connectivity index is 2.21. The largest absolute Gasteiger partial charge is 0.416 e. The van der Waals surface area contributed by atoms with Gasteiger partial charge in [0.2, 0.25) is 0 Å². The van der Waals surface area contributed by atoms with Gasteiger partial charge in [-0.05, 0) is 61.6 Å². The van der Waals surface area contributed by atoms with Gasteiger partial charge in [-0.3, -0.25) is 4.79 Å². The van der Waals surface area contributed by atoms with Crippen LogP contribution in [0, 0.1) is 0 Å². The first kappa shape index (κ1) is 24.8. The van der Waals surface area contributed by atoms with Crippen molar-refractivity contribution in [3.8, 4) is 0 Å². The fourth-order valence-corrected chi connectivity index (χ4v) is 2.81. The molecule has 2 rings (SSSR count). The minimum atomic E-state index is -4.50. The summed E-state index contributed by atoms with van der Waals surface area (Å²) in [5, 5.41) is 5.56. The third-order valence-electron chi connectivity index (χ3n) is 4.19. The number of carbonyl (C=O) groups excluding carboxylic acids is 1. The lowest BCUT2D eigenvalue weighted by Crippen LogP contribution is -2.19. The van der Waals surface area contributed by atoms with E-state index in [4.69, 9.17) is 0 Å². The summed E-state index contributed by atoms with van der Waals surface area (Å²) in [5.41, 5.74) is 0.228. The number of amides is 1. The molecule has 1 heterocycles. The number of rotatable bonds is 9. The third-order valence-corrected chi connectivity index (χ3v) is 4.19. The van der Waals surface area contributed by atoms with Crippen LogP contribution in [0.15, 0.2) is 73.2 Å². The van der Waals surface area contributed by atoms with Crippen LogP contribution in [0.4, 0.5) is 29.1 Å². The summed E-state index contributed by atoms with van der Waals surface area (Å²) in [4.78, 5) is 18.5. The molecule has 1 aromatic carbocycles. The Morgan fingerprint density at radius 2 is 1.91 bits per heavy atom. The number of nitrogens with one attached hydrogen (secondary N) is 2. The molecule has 5 nitrogen and oxygen atoms in total. The van der Waals surface area contributed by atoms with Gasteiger partial charge in [-0.25, -0.2) is 9.37 Å². The maximum absolute atomic E-state index is 13.3. The smallest absolute Gasteiger partial charge is 0.365 e. The number of anilines is 2. The molecule has 32 heavy (non-hydrogen) atoms. The third kappa shape index (κ3) is 7.35. The molecule has 0 aliphatic rings. The summed E-state index contributed by atoms with van der Waals surface area (Å²) in [6, 6.07) is 6.55. The van der Waals surface area contributed by atoms with E-state index in [9.17, 15) is 22.4 Å². The summed E-state index contributed by atoms with van der Waals surface area (Å²) in [6.07, 6.45) is -0.424. The van der Waals surface area contributed by atoms with Gasteiger partial charge in [-0.15, -0.1) is 0 Å². The van der Waals surface area contributed by atoms with Crippen LogP contribution in [-0.4, -0.2) is 36.4 Å². The van der Waals surface area contributed by atoms with Crippen LogP contribution in [0.25, 0.3) is 0 Å². The fraction of sp³-hybridized carbons (Fsp3) is 0.217. The van der Waals surface area contributed by atoms with Crippen molar-refractivity contribution in [2.45, 2.75) is 12.7 Å². The van der Waals surface area contributed by atoms with E-state index in [2.05, 4.69) is 28.8 Å². The van der Waals surface area contributed by atoms with Gasteiger partial charge in [0.1, 0.15) is 11.6 Å². The second kappa shape index (κ2) is 10.7. The molecule has 170 valence electrons. The molecular weight excluding hydrogens is 424 g/mol. The number of benzene rings is 1. The van der Waals surface area contributed by atoms with E-state index in [0.717, 1.165) is 12.1 Å². The lowest BCUT2D eigenvalue weighted by Gasteiger charge is -2.18. The van der Waals surface area contributed by atoms with E-state index >= 15 is 0 Å². The molecule has 0 bridgehead atoms. The zero-order valence-corrected chi connectivity index (χ0v) is 17.8. The molecule has 9 heteroatoms. The van der Waals surface area contributed by atoms with E-state index < -0.39 is 23.5 Å². The molecule has 0 saturated heterocycles. The Labute approximate surface area is 184 Å². The Morgan fingerprint density at radius 3 is 2.53 bits per heavy atom. The Hall–Kier alpha value is -3.46. The van der Waals surface area contributed by atoms with Crippen molar-refractivity contribution in [1.29, 1.82) is 0 Å². The normalized spacial score (nSPS) is 11.6. The molecule has 0 radical (unpaired) electrons. The predicted molar refractivity (Wildman–Crippen MR) is 118 cm³/mol. The Morgan fingerprint density at radius 1 is 1.19 bits per heavy atom. The highest BCUT2D eigenvalue weighted by atomic mass is 19.4. The van der Waals surface area contributed by atoms with Crippen LogP contribution in [0.1, 0.15) is 21.5 Å². The first-order valence-electron chi connectivity index (χ1n) is 9.52. The molecule has 0 fully saturated rings. The zero-order valence-electron chi connectivity index (χ0n) is 17.8. The van der Waals surface area contributed by atoms with Gasteiger partial charge in [0.05, 0.1) is 11.1 Å². The Bertz CT molecular complexity index is 1030. The summed E-state index contributed by atoms with van der Waals surface area (Å²) in [5.74, 6) is -0.914. The summed E-state index contributed by atoms with van der Waals surface area (Å²) in [6.45, 7) is 7.13. The number of allylic oxidation sites excluding steroid dienone is 2. The molecule has 0 atom stereocenters. The van der Waals surface area contributed by atoms with Crippen molar-refractivity contribution in [3.63, 3.8) is 0 Å². The molecule has 0 unspecified atom stereocenters. The van der Waals surface area contributed by atoms with Crippen LogP contribution < -0.4 is 10.6 Å². The summed E-state index contributed by atoms with van der Waals surface area (Å²) in [7, 11) is 3.32. The predicted octanol–water partition coefficient (Wildman–Crippen LogP) is 5.42. The summed E-state index contributed by atoms with van der Waals surface area (Å²) >= 11 is 0. The average molecular weight is 448 g/mol. The van der Waals surface area contributed by atoms with Crippen LogP contribution >= 0.6 is 0 Å². The minimum absolute atomic E-state index is 0.0439. The maximum atomic E-state index is 13.3. The SMILES string of the molecule is C=C(F)/C=C\C(=C)CNc1ncccc1C(=O)Nc1ccc(C(F)(F)F)c(CN(C)C)c1. The topological polar surface area (TPSA) is 57.3 Å². The van der Waals surface area contributed by atoms with E-state index in [0.29, 0.717) is 5.57 Å². The zero-order chi connectivity index (χ0) is 23.9. The van der Waals surface area contributed by atoms with Gasteiger partial charge in [0.25, 0.3) is 5.91 Å². The van der Waals surface area contributed by atoms with Crippen molar-refractivity contribution >= 4 is 17.4 Å². The molecule has 0 spiro atoms. The van der Waals surface area contributed by atoms with Crippen LogP contribution in [-0.2, 0) is 12.7 Å². The van der Waals surface area contributed by atoms with Crippen LogP contribution in [0.2, 0.25) is 0 Å². The van der Waals surface area contributed by atoms with E-state index in [1.165, 1.54) is 30.5 Å². The number of aromatic nitrogens is 1. The average Bonchev–Trinajstić information content (AvgIpc) is 2.69. The molecule has 2 aromatic rings. The highest BCUT2D eigenvalue weighted by Crippen LogP contribution is 2.34. The quantitative estimate of drug-likeness (QED) is 0.397. The lowest BCUT2D eigenvalue weighted by atomic mass is 10.1. The van der Waals surface area contributed by atoms with Crippen molar-refractivity contribution in [2.24, 2.45) is 0 Å². The molecule has 0 aliphatic heterocycles. The van der Waals surface area contributed by atoms with Gasteiger partial charge < -0.3 is 15.5 Å². The van der Waals surface area contributed by atoms with Gasteiger partial charge in [-0.1, -0.05) is 19.2 Å². The molecule has 1 aromatic heterocycles. The highest BCUT2D eigenvalue weighted by Gasteiger charge is 2.33.